The van der Waals surface area contributed by atoms with Crippen LogP contribution in [0.25, 0.3) is 0 Å². The number of halogens is 1. The number of piperazine rings is 2. The number of aliphatic hydroxyl groups excluding tert-OH is 1. The smallest absolute Gasteiger partial charge is 0.247 e. The predicted octanol–water partition coefficient (Wildman–Crippen LogP) is 1.38. The zero-order valence-electron chi connectivity index (χ0n) is 40.8. The number of hydrogen-bond acceptors (Lipinski definition) is 19. The van der Waals surface area contributed by atoms with E-state index in [2.05, 4.69) is 45.7 Å². The summed E-state index contributed by atoms with van der Waals surface area (Å²) in [4.78, 5) is 51.0. The summed E-state index contributed by atoms with van der Waals surface area (Å²) in [6, 6.07) is 4.52. The monoisotopic (exact) mass is 995 g/mol. The number of carbonyl (C=O) groups excluding carboxylic acids is 2. The number of anilines is 3. The van der Waals surface area contributed by atoms with Crippen molar-refractivity contribution in [2.45, 2.75) is 71.1 Å². The van der Waals surface area contributed by atoms with Gasteiger partial charge in [-0.15, -0.1) is 29.0 Å². The average Bonchev–Trinajstić information content (AvgIpc) is 4.06. The Morgan fingerprint density at radius 1 is 0.771 bits per heavy atom. The molecule has 0 radical (unpaired) electrons. The molecule has 23 nitrogen and oxygen atoms in total. The first-order valence-electron chi connectivity index (χ1n) is 23.9. The summed E-state index contributed by atoms with van der Waals surface area (Å²) in [7, 11) is 0. The van der Waals surface area contributed by atoms with E-state index < -0.39 is 18.1 Å². The fourth-order valence-electron chi connectivity index (χ4n) is 8.09. The second-order valence-electron chi connectivity index (χ2n) is 17.8. The lowest BCUT2D eigenvalue weighted by Gasteiger charge is -2.38. The third-order valence-corrected chi connectivity index (χ3v) is 12.2. The molecule has 2 saturated heterocycles. The lowest BCUT2D eigenvalue weighted by molar-refractivity contribution is -0.137. The fourth-order valence-corrected chi connectivity index (χ4v) is 8.09. The van der Waals surface area contributed by atoms with Crippen molar-refractivity contribution < 1.29 is 34.0 Å². The first-order valence-corrected chi connectivity index (χ1v) is 23.9. The molecule has 7 N–H and O–H groups in total. The molecule has 5 heterocycles. The van der Waals surface area contributed by atoms with Gasteiger partial charge in [0.15, 0.2) is 0 Å². The Labute approximate surface area is 416 Å². The number of aromatic hydroxyl groups is 1. The lowest BCUT2D eigenvalue weighted by Crippen LogP contribution is -2.52. The van der Waals surface area contributed by atoms with Crippen molar-refractivity contribution in [2.24, 2.45) is 23.3 Å². The third kappa shape index (κ3) is 15.4. The number of amides is 2. The molecule has 2 aliphatic rings. The molecule has 0 saturated carbocycles. The first kappa shape index (κ1) is 55.2. The highest BCUT2D eigenvalue weighted by molar-refractivity contribution is 5.85. The Hall–Kier alpha value is -5.74. The van der Waals surface area contributed by atoms with E-state index >= 15 is 0 Å². The predicted molar refractivity (Wildman–Crippen MR) is 264 cm³/mol. The topological polar surface area (TPSA) is 279 Å². The summed E-state index contributed by atoms with van der Waals surface area (Å²) in [6.45, 7) is 14.1. The zero-order valence-corrected chi connectivity index (χ0v) is 41.6. The highest BCUT2D eigenvalue weighted by Crippen LogP contribution is 2.27. The Morgan fingerprint density at radius 2 is 1.31 bits per heavy atom. The summed E-state index contributed by atoms with van der Waals surface area (Å²) in [5, 5.41) is 39.9. The molecule has 2 amide bonds. The van der Waals surface area contributed by atoms with E-state index in [1.165, 1.54) is 0 Å². The molecular weight excluding hydrogens is 924 g/mol. The number of aliphatic hydroxyl groups is 1. The van der Waals surface area contributed by atoms with Crippen LogP contribution in [0.1, 0.15) is 81.7 Å². The van der Waals surface area contributed by atoms with Crippen LogP contribution in [0.4, 0.5) is 17.8 Å². The molecule has 384 valence electrons. The maximum Gasteiger partial charge on any atom is 0.247 e. The largest absolute Gasteiger partial charge is 0.508 e. The van der Waals surface area contributed by atoms with Gasteiger partial charge in [0.25, 0.3) is 0 Å². The quantitative estimate of drug-likeness (QED) is 0.0439. The van der Waals surface area contributed by atoms with Crippen LogP contribution in [0.3, 0.4) is 0 Å². The number of phenolic OH excluding ortho intramolecular Hbond substituents is 1. The second kappa shape index (κ2) is 27.6. The summed E-state index contributed by atoms with van der Waals surface area (Å²) in [5.41, 5.74) is 14.4. The van der Waals surface area contributed by atoms with Gasteiger partial charge in [-0.25, -0.2) is 9.36 Å². The minimum Gasteiger partial charge on any atom is -0.508 e. The molecule has 4 aromatic rings. The Kier molecular flexibility index (Phi) is 21.8. The van der Waals surface area contributed by atoms with Crippen molar-refractivity contribution >= 4 is 42.1 Å². The van der Waals surface area contributed by atoms with E-state index in [1.54, 1.807) is 46.0 Å². The van der Waals surface area contributed by atoms with Crippen LogP contribution >= 0.6 is 12.4 Å². The van der Waals surface area contributed by atoms with Crippen molar-refractivity contribution in [3.63, 3.8) is 0 Å². The van der Waals surface area contributed by atoms with Gasteiger partial charge >= 0.3 is 0 Å². The number of ether oxygens (including phenoxy) is 3. The van der Waals surface area contributed by atoms with Gasteiger partial charge in [0.05, 0.1) is 69.8 Å². The summed E-state index contributed by atoms with van der Waals surface area (Å²) in [5.74, 6) is 3.97. The van der Waals surface area contributed by atoms with Gasteiger partial charge in [0.2, 0.25) is 29.7 Å². The van der Waals surface area contributed by atoms with E-state index in [-0.39, 0.29) is 55.1 Å². The van der Waals surface area contributed by atoms with Gasteiger partial charge in [-0.1, -0.05) is 62.6 Å². The van der Waals surface area contributed by atoms with Crippen molar-refractivity contribution in [3.8, 4) is 18.1 Å². The van der Waals surface area contributed by atoms with Crippen molar-refractivity contribution in [2.75, 3.05) is 120 Å². The molecule has 5 atom stereocenters. The van der Waals surface area contributed by atoms with Gasteiger partial charge in [-0.2, -0.15) is 15.0 Å². The zero-order chi connectivity index (χ0) is 49.3. The van der Waals surface area contributed by atoms with Gasteiger partial charge in [-0.05, 0) is 36.0 Å². The summed E-state index contributed by atoms with van der Waals surface area (Å²) >= 11 is 0. The standard InChI is InChI=1S/C46H70N16O7.ClH/c1-6-21-67-23-25-69-26-24-68-22-12-49-44-50-45(52-46(51-44)60-19-15-58(16-20-60)43(66)41(33(5)7-2)62-30-39(54-56-62)37(48)31-63)59-17-13-57(14-18-59)42(65)40(28-34-8-10-35(64)11-9-34)61-29-38(53-55-61)36(47)27-32(3)4;/h1,8-11,29-30,32-33,36-37,40-41,63-64H,7,12-28,31,47-48H2,2-5H3,(H,49,50,51,52);1H/t33-,36-,37-,40-,41-;/m0./s1. The molecule has 6 rings (SSSR count). The summed E-state index contributed by atoms with van der Waals surface area (Å²) in [6.07, 6.45) is 10.4. The minimum atomic E-state index is -0.695. The molecule has 70 heavy (non-hydrogen) atoms. The molecule has 0 unspecified atom stereocenters. The van der Waals surface area contributed by atoms with Crippen LogP contribution in [0.2, 0.25) is 0 Å². The van der Waals surface area contributed by atoms with Gasteiger partial charge in [-0.3, -0.25) is 9.59 Å². The van der Waals surface area contributed by atoms with Crippen molar-refractivity contribution in [1.82, 2.24) is 54.7 Å². The molecule has 1 aromatic carbocycles. The van der Waals surface area contributed by atoms with Crippen LogP contribution in [-0.4, -0.2) is 182 Å². The minimum absolute atomic E-state index is 0. The lowest BCUT2D eigenvalue weighted by atomic mass is 9.97. The number of nitrogens with two attached hydrogens (primary N) is 2. The van der Waals surface area contributed by atoms with E-state index in [4.69, 9.17) is 47.1 Å². The molecule has 2 fully saturated rings. The third-order valence-electron chi connectivity index (χ3n) is 12.2. The molecule has 0 bridgehead atoms. The highest BCUT2D eigenvalue weighted by Gasteiger charge is 2.35. The number of rotatable bonds is 26. The normalized spacial score (nSPS) is 16.3. The molecule has 0 aliphatic carbocycles. The SMILES string of the molecule is C#CCOCCOCCOCCNc1nc(N2CCN(C(=O)[C@H]([C@@H](C)CC)n3cc([C@@H](N)CO)nn3)CC2)nc(N2CCN(C(=O)[C@H](Cc3ccc(O)cc3)n3cc([C@@H](N)CC(C)C)nn3)CC2)n1.Cl. The van der Waals surface area contributed by atoms with Crippen molar-refractivity contribution in [3.05, 3.63) is 53.6 Å². The van der Waals surface area contributed by atoms with Crippen LogP contribution in [0.15, 0.2) is 36.7 Å². The van der Waals surface area contributed by atoms with Crippen LogP contribution < -0.4 is 26.6 Å². The number of nitrogens with zero attached hydrogens (tertiary/aromatic N) is 13. The Bertz CT molecular complexity index is 2250. The highest BCUT2D eigenvalue weighted by atomic mass is 35.5. The van der Waals surface area contributed by atoms with Gasteiger partial charge in [0, 0.05) is 65.3 Å². The molecule has 24 heteroatoms. The fraction of sp³-hybridized carbons (Fsp3) is 0.630. The second-order valence-corrected chi connectivity index (χ2v) is 17.8. The number of aromatic nitrogens is 9. The van der Waals surface area contributed by atoms with E-state index in [0.29, 0.717) is 134 Å². The Balaban J connectivity index is 0.00000913. The van der Waals surface area contributed by atoms with E-state index in [9.17, 15) is 19.8 Å². The van der Waals surface area contributed by atoms with Gasteiger partial charge < -0.3 is 60.8 Å². The first-order chi connectivity index (χ1) is 33.4. The van der Waals surface area contributed by atoms with Crippen molar-refractivity contribution in [1.29, 1.82) is 0 Å². The maximum atomic E-state index is 14.5. The number of carbonyl (C=O) groups is 2. The molecule has 0 spiro atoms. The van der Waals surface area contributed by atoms with E-state index in [0.717, 1.165) is 18.4 Å². The number of nitrogens with one attached hydrogen (secondary N) is 1. The number of terminal acetylenes is 1. The summed E-state index contributed by atoms with van der Waals surface area (Å²) < 4.78 is 19.7. The van der Waals surface area contributed by atoms with Crippen LogP contribution in [0.5, 0.6) is 5.75 Å². The van der Waals surface area contributed by atoms with E-state index in [1.807, 2.05) is 33.4 Å². The number of hydrogen-bond donors (Lipinski definition) is 5. The molecule has 2 aliphatic heterocycles. The maximum absolute atomic E-state index is 14.5. The van der Waals surface area contributed by atoms with Crippen LogP contribution in [-0.2, 0) is 30.2 Å². The molecular formula is C46H71ClN16O7. The Morgan fingerprint density at radius 3 is 1.89 bits per heavy atom. The van der Waals surface area contributed by atoms with Crippen LogP contribution in [0, 0.1) is 24.2 Å². The number of benzene rings is 1. The molecule has 3 aromatic heterocycles. The number of phenols is 1. The van der Waals surface area contributed by atoms with Gasteiger partial charge in [0.1, 0.15) is 30.1 Å². The average molecular weight is 996 g/mol.